The first-order chi connectivity index (χ1) is 14.8. The van der Waals surface area contributed by atoms with E-state index in [0.717, 1.165) is 10.4 Å². The molecule has 0 bridgehead atoms. The number of carbonyl (C=O) groups excluding carboxylic acids is 3. The Morgan fingerprint density at radius 2 is 1.74 bits per heavy atom. The predicted octanol–water partition coefficient (Wildman–Crippen LogP) is 1.25. The monoisotopic (exact) mass is 444 g/mol. The van der Waals surface area contributed by atoms with Crippen molar-refractivity contribution < 1.29 is 19.1 Å². The summed E-state index contributed by atoms with van der Waals surface area (Å²) in [6.45, 7) is 3.88. The average molecular weight is 445 g/mol. The molecular formula is C22H28N4O4S. The van der Waals surface area contributed by atoms with Crippen LogP contribution in [0.2, 0.25) is 0 Å². The Morgan fingerprint density at radius 1 is 1.03 bits per heavy atom. The molecule has 166 valence electrons. The molecule has 2 atom stereocenters. The molecule has 0 aliphatic rings. The van der Waals surface area contributed by atoms with E-state index in [2.05, 4.69) is 17.2 Å². The molecule has 2 aromatic rings. The Hall–Kier alpha value is -3.33. The first-order valence-corrected chi connectivity index (χ1v) is 10.6. The molecule has 0 saturated heterocycles. The number of hydrogen-bond acceptors (Lipinski definition) is 6. The van der Waals surface area contributed by atoms with Gasteiger partial charge in [0, 0.05) is 29.8 Å². The lowest BCUT2D eigenvalue weighted by molar-refractivity contribution is -0.128. The van der Waals surface area contributed by atoms with E-state index < -0.39 is 23.9 Å². The summed E-state index contributed by atoms with van der Waals surface area (Å²) in [5, 5.41) is 7.72. The van der Waals surface area contributed by atoms with Gasteiger partial charge in [0.1, 0.15) is 17.8 Å². The number of thiophene rings is 1. The number of ether oxygens (including phenoxy) is 1. The zero-order chi connectivity index (χ0) is 22.8. The first kappa shape index (κ1) is 23.9. The molecule has 0 spiro atoms. The largest absolute Gasteiger partial charge is 0.497 e. The summed E-state index contributed by atoms with van der Waals surface area (Å²) < 4.78 is 5.13. The van der Waals surface area contributed by atoms with Gasteiger partial charge in [-0.1, -0.05) is 24.8 Å². The minimum Gasteiger partial charge on any atom is -0.497 e. The SMILES string of the molecule is C=C(CCC(N)=O)N[C@H](Cc1cccs1)C(=O)N[C@@H](Cc1ccc(OC)cc1)C(N)=O. The van der Waals surface area contributed by atoms with Crippen LogP contribution in [0.3, 0.4) is 0 Å². The van der Waals surface area contributed by atoms with E-state index >= 15 is 0 Å². The van der Waals surface area contributed by atoms with Gasteiger partial charge in [0.05, 0.1) is 7.11 Å². The molecule has 0 saturated carbocycles. The van der Waals surface area contributed by atoms with Crippen LogP contribution in [0.25, 0.3) is 0 Å². The molecule has 31 heavy (non-hydrogen) atoms. The molecule has 6 N–H and O–H groups in total. The number of amides is 3. The Morgan fingerprint density at radius 3 is 2.29 bits per heavy atom. The number of nitrogens with one attached hydrogen (secondary N) is 2. The summed E-state index contributed by atoms with van der Waals surface area (Å²) in [6.07, 6.45) is 1.09. The van der Waals surface area contributed by atoms with E-state index in [-0.39, 0.29) is 18.7 Å². The number of primary amides is 2. The molecule has 0 unspecified atom stereocenters. The minimum atomic E-state index is -0.882. The second kappa shape index (κ2) is 11.8. The zero-order valence-corrected chi connectivity index (χ0v) is 18.2. The summed E-state index contributed by atoms with van der Waals surface area (Å²) in [4.78, 5) is 37.0. The van der Waals surface area contributed by atoms with E-state index in [0.29, 0.717) is 24.3 Å². The van der Waals surface area contributed by atoms with Crippen LogP contribution in [0.5, 0.6) is 5.75 Å². The molecule has 0 aliphatic carbocycles. The number of benzene rings is 1. The zero-order valence-electron chi connectivity index (χ0n) is 17.4. The number of nitrogens with two attached hydrogens (primary N) is 2. The highest BCUT2D eigenvalue weighted by Crippen LogP contribution is 2.15. The van der Waals surface area contributed by atoms with E-state index in [9.17, 15) is 14.4 Å². The third-order valence-corrected chi connectivity index (χ3v) is 5.51. The van der Waals surface area contributed by atoms with Crippen molar-refractivity contribution >= 4 is 29.1 Å². The molecule has 2 rings (SSSR count). The van der Waals surface area contributed by atoms with Crippen LogP contribution in [0.15, 0.2) is 54.1 Å². The first-order valence-electron chi connectivity index (χ1n) is 9.76. The maximum absolute atomic E-state index is 13.0. The van der Waals surface area contributed by atoms with Crippen LogP contribution in [-0.2, 0) is 27.2 Å². The highest BCUT2D eigenvalue weighted by molar-refractivity contribution is 7.09. The summed E-state index contributed by atoms with van der Waals surface area (Å²) in [6, 6.07) is 9.43. The van der Waals surface area contributed by atoms with Crippen LogP contribution in [-0.4, -0.2) is 36.9 Å². The molecule has 0 aliphatic heterocycles. The van der Waals surface area contributed by atoms with Crippen molar-refractivity contribution in [3.05, 3.63) is 64.5 Å². The van der Waals surface area contributed by atoms with Crippen molar-refractivity contribution in [1.82, 2.24) is 10.6 Å². The lowest BCUT2D eigenvalue weighted by atomic mass is 10.0. The Labute approximate surface area is 185 Å². The van der Waals surface area contributed by atoms with Gasteiger partial charge in [0.15, 0.2) is 0 Å². The van der Waals surface area contributed by atoms with E-state index in [1.807, 2.05) is 29.6 Å². The highest BCUT2D eigenvalue weighted by atomic mass is 32.1. The van der Waals surface area contributed by atoms with Crippen molar-refractivity contribution in [2.45, 2.75) is 37.8 Å². The third-order valence-electron chi connectivity index (χ3n) is 4.61. The van der Waals surface area contributed by atoms with Crippen LogP contribution < -0.4 is 26.8 Å². The smallest absolute Gasteiger partial charge is 0.243 e. The molecule has 9 heteroatoms. The fraction of sp³-hybridized carbons (Fsp3) is 0.318. The number of rotatable bonds is 13. The minimum absolute atomic E-state index is 0.126. The molecule has 1 aromatic heterocycles. The van der Waals surface area contributed by atoms with Crippen LogP contribution in [0.1, 0.15) is 23.3 Å². The second-order valence-electron chi connectivity index (χ2n) is 7.07. The van der Waals surface area contributed by atoms with Crippen molar-refractivity contribution in [2.24, 2.45) is 11.5 Å². The maximum Gasteiger partial charge on any atom is 0.243 e. The van der Waals surface area contributed by atoms with Gasteiger partial charge in [-0.15, -0.1) is 11.3 Å². The lowest BCUT2D eigenvalue weighted by Crippen LogP contribution is -2.53. The predicted molar refractivity (Wildman–Crippen MR) is 120 cm³/mol. The maximum atomic E-state index is 13.0. The fourth-order valence-corrected chi connectivity index (χ4v) is 3.68. The number of hydrogen-bond donors (Lipinski definition) is 4. The molecule has 0 fully saturated rings. The van der Waals surface area contributed by atoms with Gasteiger partial charge in [-0.05, 0) is 35.6 Å². The van der Waals surface area contributed by atoms with Gasteiger partial charge in [-0.3, -0.25) is 14.4 Å². The highest BCUT2D eigenvalue weighted by Gasteiger charge is 2.25. The topological polar surface area (TPSA) is 137 Å². The van der Waals surface area contributed by atoms with Gasteiger partial charge in [0.2, 0.25) is 17.7 Å². The van der Waals surface area contributed by atoms with Crippen molar-refractivity contribution in [1.29, 1.82) is 0 Å². The summed E-state index contributed by atoms with van der Waals surface area (Å²) in [5.41, 5.74) is 12.1. The summed E-state index contributed by atoms with van der Waals surface area (Å²) in [5.74, 6) is -0.772. The molecular weight excluding hydrogens is 416 g/mol. The third kappa shape index (κ3) is 8.13. The Bertz CT molecular complexity index is 897. The van der Waals surface area contributed by atoms with Gasteiger partial charge >= 0.3 is 0 Å². The second-order valence-corrected chi connectivity index (χ2v) is 8.10. The Balaban J connectivity index is 2.09. The quantitative estimate of drug-likeness (QED) is 0.369. The van der Waals surface area contributed by atoms with Crippen molar-refractivity contribution in [3.63, 3.8) is 0 Å². The van der Waals surface area contributed by atoms with Crippen molar-refractivity contribution in [3.8, 4) is 5.75 Å². The number of allylic oxidation sites excluding steroid dienone is 1. The molecule has 1 aromatic carbocycles. The normalized spacial score (nSPS) is 12.4. The van der Waals surface area contributed by atoms with Crippen molar-refractivity contribution in [2.75, 3.05) is 7.11 Å². The lowest BCUT2D eigenvalue weighted by Gasteiger charge is -2.23. The average Bonchev–Trinajstić information content (AvgIpc) is 3.24. The Kier molecular flexibility index (Phi) is 9.08. The molecule has 0 radical (unpaired) electrons. The number of carbonyl (C=O) groups is 3. The van der Waals surface area contributed by atoms with Crippen LogP contribution in [0.4, 0.5) is 0 Å². The molecule has 1 heterocycles. The fourth-order valence-electron chi connectivity index (χ4n) is 2.92. The van der Waals surface area contributed by atoms with Gasteiger partial charge in [-0.25, -0.2) is 0 Å². The van der Waals surface area contributed by atoms with Crippen LogP contribution in [0, 0.1) is 0 Å². The summed E-state index contributed by atoms with van der Waals surface area (Å²) in [7, 11) is 1.57. The van der Waals surface area contributed by atoms with Crippen LogP contribution >= 0.6 is 11.3 Å². The van der Waals surface area contributed by atoms with E-state index in [4.69, 9.17) is 16.2 Å². The molecule has 8 nitrogen and oxygen atoms in total. The van der Waals surface area contributed by atoms with Gasteiger partial charge in [0.25, 0.3) is 0 Å². The van der Waals surface area contributed by atoms with E-state index in [1.165, 1.54) is 11.3 Å². The summed E-state index contributed by atoms with van der Waals surface area (Å²) >= 11 is 1.52. The van der Waals surface area contributed by atoms with E-state index in [1.54, 1.807) is 19.2 Å². The standard InChI is InChI=1S/C22H28N4O4S/c1-14(5-10-20(23)27)25-19(13-17-4-3-11-31-17)22(29)26-18(21(24)28)12-15-6-8-16(30-2)9-7-15/h3-4,6-9,11,18-19,25H,1,5,10,12-13H2,2H3,(H2,23,27)(H2,24,28)(H,26,29)/t18-,19+/m0/s1. The number of methoxy groups -OCH3 is 1. The molecule has 3 amide bonds. The van der Waals surface area contributed by atoms with Gasteiger partial charge < -0.3 is 26.8 Å². The van der Waals surface area contributed by atoms with Gasteiger partial charge in [-0.2, -0.15) is 0 Å².